The topological polar surface area (TPSA) is 67.4 Å². The fourth-order valence-corrected chi connectivity index (χ4v) is 2.43. The Labute approximate surface area is 115 Å². The molecule has 2 N–H and O–H groups in total. The molecule has 0 bridgehead atoms. The Kier molecular flexibility index (Phi) is 5.63. The third kappa shape index (κ3) is 6.45. The highest BCUT2D eigenvalue weighted by Gasteiger charge is 2.26. The van der Waals surface area contributed by atoms with Crippen LogP contribution in [0.5, 0.6) is 0 Å². The minimum absolute atomic E-state index is 0.00540. The van der Waals surface area contributed by atoms with Crippen molar-refractivity contribution in [3.63, 3.8) is 0 Å². The smallest absolute Gasteiger partial charge is 0.407 e. The van der Waals surface area contributed by atoms with Gasteiger partial charge in [-0.2, -0.15) is 0 Å². The molecule has 0 aliphatic heterocycles. The number of nitrogens with one attached hydrogen (secondary N) is 2. The molecular weight excluding hydrogens is 244 g/mol. The van der Waals surface area contributed by atoms with Crippen molar-refractivity contribution in [2.24, 2.45) is 5.92 Å². The van der Waals surface area contributed by atoms with E-state index in [0.29, 0.717) is 12.5 Å². The quantitative estimate of drug-likeness (QED) is 0.826. The molecule has 2 atom stereocenters. The lowest BCUT2D eigenvalue weighted by Gasteiger charge is -2.32. The van der Waals surface area contributed by atoms with E-state index >= 15 is 0 Å². The van der Waals surface area contributed by atoms with E-state index in [1.807, 2.05) is 20.8 Å². The molecule has 1 rings (SSSR count). The fraction of sp³-hybridized carbons (Fsp3) is 0.857. The summed E-state index contributed by atoms with van der Waals surface area (Å²) >= 11 is 0. The summed E-state index contributed by atoms with van der Waals surface area (Å²) < 4.78 is 5.21. The van der Waals surface area contributed by atoms with Crippen LogP contribution in [0.25, 0.3) is 0 Å². The van der Waals surface area contributed by atoms with Crippen LogP contribution in [0.3, 0.4) is 0 Å². The first-order valence-corrected chi connectivity index (χ1v) is 7.02. The Morgan fingerprint density at radius 2 is 1.84 bits per heavy atom. The Morgan fingerprint density at radius 3 is 2.42 bits per heavy atom. The van der Waals surface area contributed by atoms with Crippen molar-refractivity contribution < 1.29 is 14.3 Å². The summed E-state index contributed by atoms with van der Waals surface area (Å²) in [6.07, 6.45) is 3.91. The lowest BCUT2D eigenvalue weighted by Crippen LogP contribution is -2.46. The minimum atomic E-state index is -0.478. The summed E-state index contributed by atoms with van der Waals surface area (Å²) in [7, 11) is 0. The van der Waals surface area contributed by atoms with E-state index in [1.54, 1.807) is 0 Å². The highest BCUT2D eigenvalue weighted by Crippen LogP contribution is 2.24. The Bertz CT molecular complexity index is 323. The minimum Gasteiger partial charge on any atom is -0.444 e. The molecule has 1 aliphatic carbocycles. The van der Waals surface area contributed by atoms with E-state index in [-0.39, 0.29) is 18.0 Å². The average molecular weight is 270 g/mol. The fourth-order valence-electron chi connectivity index (χ4n) is 2.43. The van der Waals surface area contributed by atoms with Gasteiger partial charge >= 0.3 is 6.09 Å². The monoisotopic (exact) mass is 270 g/mol. The van der Waals surface area contributed by atoms with Crippen LogP contribution in [0, 0.1) is 5.92 Å². The van der Waals surface area contributed by atoms with Gasteiger partial charge in [-0.1, -0.05) is 12.8 Å². The Hall–Kier alpha value is -1.26. The number of hydrogen-bond acceptors (Lipinski definition) is 3. The second kappa shape index (κ2) is 6.78. The molecule has 1 fully saturated rings. The summed E-state index contributed by atoms with van der Waals surface area (Å²) in [6, 6.07) is 0.168. The van der Waals surface area contributed by atoms with Gasteiger partial charge in [0.1, 0.15) is 5.60 Å². The molecule has 0 heterocycles. The van der Waals surface area contributed by atoms with Gasteiger partial charge in [-0.3, -0.25) is 4.79 Å². The summed E-state index contributed by atoms with van der Waals surface area (Å²) in [5.41, 5.74) is -0.478. The number of ether oxygens (including phenoxy) is 1. The zero-order chi connectivity index (χ0) is 14.5. The third-order valence-corrected chi connectivity index (χ3v) is 3.21. The number of alkyl carbamates (subject to hydrolysis) is 1. The van der Waals surface area contributed by atoms with Crippen LogP contribution in [-0.4, -0.2) is 30.2 Å². The standard InChI is InChI=1S/C14H26N2O3/c1-10(17)16-12-8-6-5-7-11(12)9-15-13(18)19-14(2,3)4/h11-12H,5-9H2,1-4H3,(H,15,18)(H,16,17)/t11-,12+/m0/s1. The summed E-state index contributed by atoms with van der Waals surface area (Å²) in [5, 5.41) is 5.77. The second-order valence-corrected chi connectivity index (χ2v) is 6.23. The molecule has 5 heteroatoms. The zero-order valence-corrected chi connectivity index (χ0v) is 12.4. The van der Waals surface area contributed by atoms with Gasteiger partial charge in [-0.05, 0) is 39.5 Å². The highest BCUT2D eigenvalue weighted by atomic mass is 16.6. The molecular formula is C14H26N2O3. The molecule has 1 aliphatic rings. The van der Waals surface area contributed by atoms with E-state index in [9.17, 15) is 9.59 Å². The van der Waals surface area contributed by atoms with Crippen molar-refractivity contribution in [1.29, 1.82) is 0 Å². The molecule has 5 nitrogen and oxygen atoms in total. The molecule has 0 spiro atoms. The van der Waals surface area contributed by atoms with Gasteiger partial charge < -0.3 is 15.4 Å². The van der Waals surface area contributed by atoms with E-state index in [2.05, 4.69) is 10.6 Å². The Morgan fingerprint density at radius 1 is 1.21 bits per heavy atom. The Balaban J connectivity index is 2.40. The molecule has 0 unspecified atom stereocenters. The van der Waals surface area contributed by atoms with Crippen LogP contribution in [-0.2, 0) is 9.53 Å². The maximum atomic E-state index is 11.6. The molecule has 0 saturated heterocycles. The van der Waals surface area contributed by atoms with Crippen LogP contribution in [0.15, 0.2) is 0 Å². The van der Waals surface area contributed by atoms with Crippen LogP contribution in [0.2, 0.25) is 0 Å². The van der Waals surface area contributed by atoms with Gasteiger partial charge in [0.25, 0.3) is 0 Å². The first-order chi connectivity index (χ1) is 8.78. The van der Waals surface area contributed by atoms with Crippen LogP contribution in [0.4, 0.5) is 4.79 Å². The lowest BCUT2D eigenvalue weighted by molar-refractivity contribution is -0.120. The zero-order valence-electron chi connectivity index (χ0n) is 12.4. The first kappa shape index (κ1) is 15.8. The van der Waals surface area contributed by atoms with Crippen molar-refractivity contribution in [2.75, 3.05) is 6.54 Å². The normalized spacial score (nSPS) is 23.6. The SMILES string of the molecule is CC(=O)N[C@@H]1CCCC[C@H]1CNC(=O)OC(C)(C)C. The molecule has 0 radical (unpaired) electrons. The summed E-state index contributed by atoms with van der Waals surface area (Å²) in [5.74, 6) is 0.291. The predicted molar refractivity (Wildman–Crippen MR) is 73.8 cm³/mol. The highest BCUT2D eigenvalue weighted by molar-refractivity contribution is 5.73. The molecule has 2 amide bonds. The van der Waals surface area contributed by atoms with E-state index in [0.717, 1.165) is 25.7 Å². The number of hydrogen-bond donors (Lipinski definition) is 2. The molecule has 110 valence electrons. The average Bonchev–Trinajstić information content (AvgIpc) is 2.24. The van der Waals surface area contributed by atoms with Gasteiger partial charge in [0.15, 0.2) is 0 Å². The lowest BCUT2D eigenvalue weighted by atomic mass is 9.84. The van der Waals surface area contributed by atoms with E-state index < -0.39 is 5.60 Å². The van der Waals surface area contributed by atoms with Crippen molar-refractivity contribution in [2.45, 2.75) is 65.0 Å². The van der Waals surface area contributed by atoms with Gasteiger partial charge in [0.2, 0.25) is 5.91 Å². The van der Waals surface area contributed by atoms with Crippen molar-refractivity contribution in [3.8, 4) is 0 Å². The molecule has 1 saturated carbocycles. The molecule has 0 aromatic carbocycles. The second-order valence-electron chi connectivity index (χ2n) is 6.23. The predicted octanol–water partition coefficient (Wildman–Crippen LogP) is 2.21. The maximum absolute atomic E-state index is 11.6. The summed E-state index contributed by atoms with van der Waals surface area (Å²) in [4.78, 5) is 22.8. The number of rotatable bonds is 3. The number of carbonyl (C=O) groups excluding carboxylic acids is 2. The summed E-state index contributed by atoms with van der Waals surface area (Å²) in [6.45, 7) is 7.61. The third-order valence-electron chi connectivity index (χ3n) is 3.21. The van der Waals surface area contributed by atoms with Crippen molar-refractivity contribution in [3.05, 3.63) is 0 Å². The van der Waals surface area contributed by atoms with Crippen molar-refractivity contribution in [1.82, 2.24) is 10.6 Å². The van der Waals surface area contributed by atoms with Gasteiger partial charge in [0.05, 0.1) is 0 Å². The van der Waals surface area contributed by atoms with Gasteiger partial charge in [-0.25, -0.2) is 4.79 Å². The van der Waals surface area contributed by atoms with E-state index in [4.69, 9.17) is 4.74 Å². The van der Waals surface area contributed by atoms with Crippen LogP contribution < -0.4 is 10.6 Å². The number of amides is 2. The first-order valence-electron chi connectivity index (χ1n) is 7.02. The maximum Gasteiger partial charge on any atom is 0.407 e. The van der Waals surface area contributed by atoms with Crippen LogP contribution >= 0.6 is 0 Å². The van der Waals surface area contributed by atoms with Crippen LogP contribution in [0.1, 0.15) is 53.4 Å². The molecule has 19 heavy (non-hydrogen) atoms. The van der Waals surface area contributed by atoms with Crippen molar-refractivity contribution >= 4 is 12.0 Å². The largest absolute Gasteiger partial charge is 0.444 e. The molecule has 0 aromatic heterocycles. The van der Waals surface area contributed by atoms with Gasteiger partial charge in [0, 0.05) is 19.5 Å². The van der Waals surface area contributed by atoms with E-state index in [1.165, 1.54) is 6.92 Å². The number of carbonyl (C=O) groups is 2. The van der Waals surface area contributed by atoms with Gasteiger partial charge in [-0.15, -0.1) is 0 Å². The molecule has 0 aromatic rings.